The first-order chi connectivity index (χ1) is 18.0. The molecule has 0 bridgehead atoms. The molecule has 0 saturated carbocycles. The Kier molecular flexibility index (Phi) is 11.5. The van der Waals surface area contributed by atoms with Crippen LogP contribution < -0.4 is 10.6 Å². The van der Waals surface area contributed by atoms with E-state index in [1.807, 2.05) is 24.3 Å². The molecule has 0 heterocycles. The fourth-order valence-corrected chi connectivity index (χ4v) is 4.84. The van der Waals surface area contributed by atoms with Gasteiger partial charge in [-0.15, -0.1) is 0 Å². The van der Waals surface area contributed by atoms with E-state index in [2.05, 4.69) is 35.8 Å². The van der Waals surface area contributed by atoms with Gasteiger partial charge in [0.15, 0.2) is 0 Å². The van der Waals surface area contributed by atoms with Crippen LogP contribution in [0.4, 0.5) is 4.79 Å². The standard InChI is InChI=1S/C30H40N2O5/c1-2-3-4-5-6-7-8-9-12-18-31-29(35)27(20-28(33)34)32-30(36)37-21-23-15-13-17-25-24-16-11-10-14-22(24)19-26(23)25/h10-11,13-17,27H,2-9,12,18-21H2,1H3,(H,31,35)(H,32,36)(H,33,34)/t27-/m0/s1. The molecule has 0 aliphatic heterocycles. The molecule has 3 N–H and O–H groups in total. The highest BCUT2D eigenvalue weighted by Gasteiger charge is 2.25. The number of nitrogens with one attached hydrogen (secondary N) is 2. The lowest BCUT2D eigenvalue weighted by Gasteiger charge is -2.17. The number of carbonyl (C=O) groups excluding carboxylic acids is 2. The van der Waals surface area contributed by atoms with Crippen LogP contribution in [0.5, 0.6) is 0 Å². The predicted octanol–water partition coefficient (Wildman–Crippen LogP) is 5.97. The summed E-state index contributed by atoms with van der Waals surface area (Å²) in [7, 11) is 0. The molecule has 0 unspecified atom stereocenters. The van der Waals surface area contributed by atoms with Crippen LogP contribution in [0.1, 0.15) is 87.8 Å². The van der Waals surface area contributed by atoms with Gasteiger partial charge in [-0.05, 0) is 40.7 Å². The van der Waals surface area contributed by atoms with E-state index >= 15 is 0 Å². The molecule has 0 radical (unpaired) electrons. The molecule has 0 spiro atoms. The van der Waals surface area contributed by atoms with Gasteiger partial charge in [-0.3, -0.25) is 9.59 Å². The number of alkyl carbamates (subject to hydrolysis) is 1. The summed E-state index contributed by atoms with van der Waals surface area (Å²) in [4.78, 5) is 36.3. The van der Waals surface area contributed by atoms with E-state index in [4.69, 9.17) is 4.74 Å². The minimum atomic E-state index is -1.19. The van der Waals surface area contributed by atoms with Crippen LogP contribution in [-0.2, 0) is 27.4 Å². The molecule has 200 valence electrons. The van der Waals surface area contributed by atoms with Crippen molar-refractivity contribution in [2.75, 3.05) is 6.54 Å². The van der Waals surface area contributed by atoms with Gasteiger partial charge < -0.3 is 20.5 Å². The first kappa shape index (κ1) is 28.2. The lowest BCUT2D eigenvalue weighted by Crippen LogP contribution is -2.48. The summed E-state index contributed by atoms with van der Waals surface area (Å²) in [6.07, 6.45) is 10.00. The first-order valence-corrected chi connectivity index (χ1v) is 13.6. The number of ether oxygens (including phenoxy) is 1. The minimum Gasteiger partial charge on any atom is -0.481 e. The van der Waals surface area contributed by atoms with E-state index in [9.17, 15) is 19.5 Å². The monoisotopic (exact) mass is 508 g/mol. The fourth-order valence-electron chi connectivity index (χ4n) is 4.84. The number of amides is 2. The van der Waals surface area contributed by atoms with Gasteiger partial charge in [0.05, 0.1) is 6.42 Å². The SMILES string of the molecule is CCCCCCCCCCCNC(=O)[C@H](CC(=O)O)NC(=O)OCc1cccc2c1Cc1ccccc1-2. The summed E-state index contributed by atoms with van der Waals surface area (Å²) >= 11 is 0. The van der Waals surface area contributed by atoms with Crippen LogP contribution in [0.25, 0.3) is 11.1 Å². The third kappa shape index (κ3) is 8.92. The van der Waals surface area contributed by atoms with Crippen LogP contribution >= 0.6 is 0 Å². The number of carboxylic acid groups (broad SMARTS) is 1. The maximum atomic E-state index is 12.6. The number of rotatable bonds is 16. The smallest absolute Gasteiger partial charge is 0.408 e. The number of hydrogen-bond donors (Lipinski definition) is 3. The Hall–Kier alpha value is -3.35. The molecule has 1 atom stereocenters. The molecule has 0 aromatic heterocycles. The Bertz CT molecular complexity index is 1050. The van der Waals surface area contributed by atoms with E-state index < -0.39 is 30.4 Å². The average Bonchev–Trinajstić information content (AvgIpc) is 3.27. The Morgan fingerprint density at radius 2 is 1.57 bits per heavy atom. The second-order valence-corrected chi connectivity index (χ2v) is 9.77. The number of aliphatic carboxylic acids is 1. The van der Waals surface area contributed by atoms with Gasteiger partial charge >= 0.3 is 12.1 Å². The molecule has 2 aromatic rings. The van der Waals surface area contributed by atoms with E-state index in [1.54, 1.807) is 0 Å². The molecule has 2 aromatic carbocycles. The van der Waals surface area contributed by atoms with Crippen molar-refractivity contribution in [1.29, 1.82) is 0 Å². The Morgan fingerprint density at radius 1 is 0.892 bits per heavy atom. The second kappa shape index (κ2) is 15.0. The summed E-state index contributed by atoms with van der Waals surface area (Å²) in [6.45, 7) is 2.71. The average molecular weight is 509 g/mol. The van der Waals surface area contributed by atoms with Gasteiger partial charge in [-0.1, -0.05) is 101 Å². The Morgan fingerprint density at radius 3 is 2.30 bits per heavy atom. The number of hydrogen-bond acceptors (Lipinski definition) is 4. The normalized spacial score (nSPS) is 12.4. The highest BCUT2D eigenvalue weighted by molar-refractivity contribution is 5.89. The van der Waals surface area contributed by atoms with Crippen LogP contribution in [-0.4, -0.2) is 35.7 Å². The summed E-state index contributed by atoms with van der Waals surface area (Å²) in [5.74, 6) is -1.67. The molecule has 0 fully saturated rings. The number of unbranched alkanes of at least 4 members (excludes halogenated alkanes) is 8. The van der Waals surface area contributed by atoms with Crippen molar-refractivity contribution in [1.82, 2.24) is 10.6 Å². The molecular formula is C30H40N2O5. The van der Waals surface area contributed by atoms with E-state index in [-0.39, 0.29) is 6.61 Å². The molecule has 1 aliphatic rings. The van der Waals surface area contributed by atoms with Crippen molar-refractivity contribution >= 4 is 18.0 Å². The van der Waals surface area contributed by atoms with Gasteiger partial charge in [0, 0.05) is 6.54 Å². The first-order valence-electron chi connectivity index (χ1n) is 13.6. The highest BCUT2D eigenvalue weighted by Crippen LogP contribution is 2.38. The summed E-state index contributed by atoms with van der Waals surface area (Å²) in [5, 5.41) is 14.4. The quantitative estimate of drug-likeness (QED) is 0.207. The Labute approximate surface area is 220 Å². The molecule has 0 saturated heterocycles. The molecule has 2 amide bonds. The van der Waals surface area contributed by atoms with Gasteiger partial charge in [0.2, 0.25) is 5.91 Å². The van der Waals surface area contributed by atoms with Crippen LogP contribution in [0.3, 0.4) is 0 Å². The molecule has 7 nitrogen and oxygen atoms in total. The molecule has 3 rings (SSSR count). The molecular weight excluding hydrogens is 468 g/mol. The molecule has 37 heavy (non-hydrogen) atoms. The number of carbonyl (C=O) groups is 3. The van der Waals surface area contributed by atoms with E-state index in [0.717, 1.165) is 42.4 Å². The minimum absolute atomic E-state index is 0.0445. The lowest BCUT2D eigenvalue weighted by atomic mass is 10.0. The van der Waals surface area contributed by atoms with Gasteiger partial charge in [0.25, 0.3) is 0 Å². The van der Waals surface area contributed by atoms with Gasteiger partial charge in [-0.2, -0.15) is 0 Å². The third-order valence-corrected chi connectivity index (χ3v) is 6.87. The van der Waals surface area contributed by atoms with Crippen molar-refractivity contribution < 1.29 is 24.2 Å². The van der Waals surface area contributed by atoms with Crippen LogP contribution in [0.15, 0.2) is 42.5 Å². The van der Waals surface area contributed by atoms with E-state index in [1.165, 1.54) is 49.7 Å². The number of benzene rings is 2. The maximum absolute atomic E-state index is 12.6. The van der Waals surface area contributed by atoms with Crippen molar-refractivity contribution in [3.8, 4) is 11.1 Å². The summed E-state index contributed by atoms with van der Waals surface area (Å²) in [5.41, 5.74) is 5.58. The maximum Gasteiger partial charge on any atom is 0.408 e. The predicted molar refractivity (Wildman–Crippen MR) is 144 cm³/mol. The topological polar surface area (TPSA) is 105 Å². The largest absolute Gasteiger partial charge is 0.481 e. The van der Waals surface area contributed by atoms with E-state index in [0.29, 0.717) is 6.54 Å². The zero-order valence-corrected chi connectivity index (χ0v) is 21.9. The van der Waals surface area contributed by atoms with Crippen LogP contribution in [0, 0.1) is 0 Å². The molecule has 1 aliphatic carbocycles. The van der Waals surface area contributed by atoms with Gasteiger partial charge in [0.1, 0.15) is 12.6 Å². The fraction of sp³-hybridized carbons (Fsp3) is 0.500. The molecule has 7 heteroatoms. The van der Waals surface area contributed by atoms with Gasteiger partial charge in [-0.25, -0.2) is 4.79 Å². The van der Waals surface area contributed by atoms with Crippen molar-refractivity contribution in [2.45, 2.75) is 90.2 Å². The van der Waals surface area contributed by atoms with Crippen molar-refractivity contribution in [3.63, 3.8) is 0 Å². The Balaban J connectivity index is 1.41. The van der Waals surface area contributed by atoms with Crippen LogP contribution in [0.2, 0.25) is 0 Å². The second-order valence-electron chi connectivity index (χ2n) is 9.77. The zero-order chi connectivity index (χ0) is 26.5. The highest BCUT2D eigenvalue weighted by atomic mass is 16.5. The lowest BCUT2D eigenvalue weighted by molar-refractivity contribution is -0.139. The zero-order valence-electron chi connectivity index (χ0n) is 21.9. The third-order valence-electron chi connectivity index (χ3n) is 6.87. The van der Waals surface area contributed by atoms with Crippen molar-refractivity contribution in [2.24, 2.45) is 0 Å². The number of carboxylic acids is 1. The number of fused-ring (bicyclic) bond motifs is 3. The van der Waals surface area contributed by atoms with Crippen molar-refractivity contribution in [3.05, 3.63) is 59.2 Å². The summed E-state index contributed by atoms with van der Waals surface area (Å²) in [6, 6.07) is 12.9. The summed E-state index contributed by atoms with van der Waals surface area (Å²) < 4.78 is 5.40.